The molecule has 0 radical (unpaired) electrons. The van der Waals surface area contributed by atoms with Crippen LogP contribution in [0.5, 0.6) is 5.75 Å². The van der Waals surface area contributed by atoms with Crippen molar-refractivity contribution in [2.24, 2.45) is 0 Å². The molecule has 0 spiro atoms. The summed E-state index contributed by atoms with van der Waals surface area (Å²) in [4.78, 5) is 15.8. The average Bonchev–Trinajstić information content (AvgIpc) is 2.50. The lowest BCUT2D eigenvalue weighted by atomic mass is 10.0. The van der Waals surface area contributed by atoms with Gasteiger partial charge in [-0.05, 0) is 29.8 Å². The molecule has 104 valence electrons. The van der Waals surface area contributed by atoms with Crippen molar-refractivity contribution < 1.29 is 14.3 Å². The molecule has 0 amide bonds. The van der Waals surface area contributed by atoms with Crippen LogP contribution in [0.1, 0.15) is 11.5 Å². The Hall–Kier alpha value is -2.07. The monoisotopic (exact) mass is 291 g/mol. The maximum atomic E-state index is 11.9. The van der Waals surface area contributed by atoms with Gasteiger partial charge in [-0.2, -0.15) is 0 Å². The van der Waals surface area contributed by atoms with Crippen molar-refractivity contribution in [1.29, 1.82) is 0 Å². The van der Waals surface area contributed by atoms with Gasteiger partial charge in [0.1, 0.15) is 18.3 Å². The molecule has 2 rings (SSSR count). The number of rotatable bonds is 5. The Kier molecular flexibility index (Phi) is 4.96. The van der Waals surface area contributed by atoms with Gasteiger partial charge in [-0.3, -0.25) is 9.78 Å². The standard InChI is InChI=1S/C15H14ClNO3/c1-19-15(18)14(11-4-6-12(16)7-5-11)10-20-13-3-2-8-17-9-13/h2-9,14H,10H2,1H3. The third-order valence-electron chi connectivity index (χ3n) is 2.81. The van der Waals surface area contributed by atoms with Crippen LogP contribution in [0.2, 0.25) is 5.02 Å². The lowest BCUT2D eigenvalue weighted by Gasteiger charge is -2.16. The predicted molar refractivity (Wildman–Crippen MR) is 75.9 cm³/mol. The largest absolute Gasteiger partial charge is 0.491 e. The van der Waals surface area contributed by atoms with Gasteiger partial charge in [0.15, 0.2) is 0 Å². The highest BCUT2D eigenvalue weighted by atomic mass is 35.5. The molecule has 20 heavy (non-hydrogen) atoms. The SMILES string of the molecule is COC(=O)C(COc1cccnc1)c1ccc(Cl)cc1. The van der Waals surface area contributed by atoms with Crippen molar-refractivity contribution in [1.82, 2.24) is 4.98 Å². The van der Waals surface area contributed by atoms with E-state index in [9.17, 15) is 4.79 Å². The summed E-state index contributed by atoms with van der Waals surface area (Å²) in [6.07, 6.45) is 3.25. The van der Waals surface area contributed by atoms with Gasteiger partial charge in [0.2, 0.25) is 0 Å². The molecule has 4 nitrogen and oxygen atoms in total. The summed E-state index contributed by atoms with van der Waals surface area (Å²) in [7, 11) is 1.36. The van der Waals surface area contributed by atoms with Crippen LogP contribution in [0.15, 0.2) is 48.8 Å². The molecule has 0 N–H and O–H groups in total. The van der Waals surface area contributed by atoms with Crippen LogP contribution in [-0.2, 0) is 9.53 Å². The van der Waals surface area contributed by atoms with Crippen LogP contribution in [0.4, 0.5) is 0 Å². The molecule has 0 aliphatic rings. The summed E-state index contributed by atoms with van der Waals surface area (Å²) >= 11 is 5.85. The molecule has 1 aromatic heterocycles. The number of hydrogen-bond donors (Lipinski definition) is 0. The first-order valence-electron chi connectivity index (χ1n) is 6.07. The van der Waals surface area contributed by atoms with E-state index in [0.717, 1.165) is 5.56 Å². The topological polar surface area (TPSA) is 48.4 Å². The van der Waals surface area contributed by atoms with Gasteiger partial charge in [0.25, 0.3) is 0 Å². The van der Waals surface area contributed by atoms with E-state index in [0.29, 0.717) is 10.8 Å². The number of hydrogen-bond acceptors (Lipinski definition) is 4. The highest BCUT2D eigenvalue weighted by molar-refractivity contribution is 6.30. The molecule has 1 unspecified atom stereocenters. The summed E-state index contributed by atoms with van der Waals surface area (Å²) in [6, 6.07) is 10.6. The van der Waals surface area contributed by atoms with Crippen LogP contribution in [-0.4, -0.2) is 24.7 Å². The summed E-state index contributed by atoms with van der Waals surface area (Å²) < 4.78 is 10.4. The number of nitrogens with zero attached hydrogens (tertiary/aromatic N) is 1. The number of aromatic nitrogens is 1. The van der Waals surface area contributed by atoms with E-state index in [2.05, 4.69) is 4.98 Å². The number of esters is 1. The van der Waals surface area contributed by atoms with Crippen LogP contribution in [0, 0.1) is 0 Å². The molecule has 1 heterocycles. The van der Waals surface area contributed by atoms with E-state index in [1.54, 1.807) is 48.8 Å². The normalized spacial score (nSPS) is 11.7. The summed E-state index contributed by atoms with van der Waals surface area (Å²) in [6.45, 7) is 0.181. The molecule has 1 aromatic carbocycles. The van der Waals surface area contributed by atoms with Crippen molar-refractivity contribution >= 4 is 17.6 Å². The maximum Gasteiger partial charge on any atom is 0.316 e. The van der Waals surface area contributed by atoms with Crippen LogP contribution >= 0.6 is 11.6 Å². The second-order valence-electron chi connectivity index (χ2n) is 4.13. The summed E-state index contributed by atoms with van der Waals surface area (Å²) in [5.41, 5.74) is 0.796. The lowest BCUT2D eigenvalue weighted by molar-refractivity contribution is -0.143. The number of halogens is 1. The fourth-order valence-corrected chi connectivity index (χ4v) is 1.88. The zero-order valence-electron chi connectivity index (χ0n) is 11.0. The second kappa shape index (κ2) is 6.91. The second-order valence-corrected chi connectivity index (χ2v) is 4.56. The lowest BCUT2D eigenvalue weighted by Crippen LogP contribution is -2.21. The van der Waals surface area contributed by atoms with Crippen molar-refractivity contribution in [3.05, 3.63) is 59.4 Å². The van der Waals surface area contributed by atoms with Gasteiger partial charge in [-0.15, -0.1) is 0 Å². The minimum Gasteiger partial charge on any atom is -0.491 e. The molecule has 0 bridgehead atoms. The van der Waals surface area contributed by atoms with Crippen molar-refractivity contribution in [3.8, 4) is 5.75 Å². The molecular formula is C15H14ClNO3. The van der Waals surface area contributed by atoms with Gasteiger partial charge in [-0.1, -0.05) is 23.7 Å². The Morgan fingerprint density at radius 3 is 2.65 bits per heavy atom. The molecule has 0 aliphatic carbocycles. The summed E-state index contributed by atoms with van der Waals surface area (Å²) in [5.74, 6) is -0.246. The quantitative estimate of drug-likeness (QED) is 0.794. The zero-order chi connectivity index (χ0) is 14.4. The molecule has 5 heteroatoms. The van der Waals surface area contributed by atoms with Crippen molar-refractivity contribution in [3.63, 3.8) is 0 Å². The van der Waals surface area contributed by atoms with Crippen LogP contribution in [0.25, 0.3) is 0 Å². The van der Waals surface area contributed by atoms with E-state index in [1.165, 1.54) is 7.11 Å². The van der Waals surface area contributed by atoms with E-state index in [1.807, 2.05) is 0 Å². The molecule has 2 aromatic rings. The first kappa shape index (κ1) is 14.3. The molecule has 0 saturated carbocycles. The van der Waals surface area contributed by atoms with Gasteiger partial charge < -0.3 is 9.47 Å². The van der Waals surface area contributed by atoms with Gasteiger partial charge >= 0.3 is 5.97 Å². The number of methoxy groups -OCH3 is 1. The average molecular weight is 292 g/mol. The molecule has 0 saturated heterocycles. The smallest absolute Gasteiger partial charge is 0.316 e. The Bertz CT molecular complexity index is 557. The highest BCUT2D eigenvalue weighted by Crippen LogP contribution is 2.21. The fourth-order valence-electron chi connectivity index (χ4n) is 1.75. The molecule has 1 atom stereocenters. The molecule has 0 aliphatic heterocycles. The maximum absolute atomic E-state index is 11.9. The summed E-state index contributed by atoms with van der Waals surface area (Å²) in [5, 5.41) is 0.616. The van der Waals surface area contributed by atoms with E-state index < -0.39 is 5.92 Å². The number of pyridine rings is 1. The van der Waals surface area contributed by atoms with Crippen molar-refractivity contribution in [2.45, 2.75) is 5.92 Å². The number of carbonyl (C=O) groups is 1. The first-order chi connectivity index (χ1) is 9.70. The Balaban J connectivity index is 2.12. The molecular weight excluding hydrogens is 278 g/mol. The van der Waals surface area contributed by atoms with E-state index >= 15 is 0 Å². The van der Waals surface area contributed by atoms with E-state index in [4.69, 9.17) is 21.1 Å². The minimum absolute atomic E-state index is 0.181. The Morgan fingerprint density at radius 1 is 1.30 bits per heavy atom. The predicted octanol–water partition coefficient (Wildman–Crippen LogP) is 3.07. The number of ether oxygens (including phenoxy) is 2. The number of benzene rings is 1. The fraction of sp³-hybridized carbons (Fsp3) is 0.200. The minimum atomic E-state index is -0.502. The molecule has 0 fully saturated rings. The Labute approximate surface area is 122 Å². The van der Waals surface area contributed by atoms with Crippen molar-refractivity contribution in [2.75, 3.05) is 13.7 Å². The van der Waals surface area contributed by atoms with Crippen LogP contribution in [0.3, 0.4) is 0 Å². The first-order valence-corrected chi connectivity index (χ1v) is 6.44. The van der Waals surface area contributed by atoms with Crippen LogP contribution < -0.4 is 4.74 Å². The van der Waals surface area contributed by atoms with Gasteiger partial charge in [0, 0.05) is 11.2 Å². The van der Waals surface area contributed by atoms with Gasteiger partial charge in [0.05, 0.1) is 13.3 Å². The highest BCUT2D eigenvalue weighted by Gasteiger charge is 2.22. The Morgan fingerprint density at radius 2 is 2.05 bits per heavy atom. The number of carbonyl (C=O) groups excluding carboxylic acids is 1. The third kappa shape index (κ3) is 3.71. The zero-order valence-corrected chi connectivity index (χ0v) is 11.7. The van der Waals surface area contributed by atoms with E-state index in [-0.39, 0.29) is 12.6 Å². The third-order valence-corrected chi connectivity index (χ3v) is 3.06. The van der Waals surface area contributed by atoms with Gasteiger partial charge in [-0.25, -0.2) is 0 Å².